The van der Waals surface area contributed by atoms with Gasteiger partial charge in [0.05, 0.1) is 5.54 Å². The van der Waals surface area contributed by atoms with E-state index in [-0.39, 0.29) is 0 Å². The summed E-state index contributed by atoms with van der Waals surface area (Å²) in [5.74, 6) is 0. The highest BCUT2D eigenvalue weighted by atomic mass is 17.0. The Morgan fingerprint density at radius 1 is 1.40 bits per heavy atom. The molecule has 0 aliphatic carbocycles. The fourth-order valence-electron chi connectivity index (χ4n) is 2.14. The smallest absolute Gasteiger partial charge is 0.294 e. The lowest BCUT2D eigenvalue weighted by atomic mass is 9.80. The number of nitrogens with zero attached hydrogens (tertiary/aromatic N) is 2. The first kappa shape index (κ1) is 12.2. The van der Waals surface area contributed by atoms with Gasteiger partial charge in [0, 0.05) is 5.54 Å². The maximum atomic E-state index is 12.0. The van der Waals surface area contributed by atoms with Crippen LogP contribution < -0.4 is 0 Å². The van der Waals surface area contributed by atoms with Gasteiger partial charge in [-0.25, -0.2) is 0 Å². The first-order valence-corrected chi connectivity index (χ1v) is 4.96. The Kier molecular flexibility index (Phi) is 2.93. The maximum absolute atomic E-state index is 12.0. The lowest BCUT2D eigenvalue weighted by molar-refractivity contribution is -0.773. The summed E-state index contributed by atoms with van der Waals surface area (Å²) in [5, 5.41) is 22.4. The quantitative estimate of drug-likeness (QED) is 0.519. The van der Waals surface area contributed by atoms with Crippen molar-refractivity contribution < 1.29 is 15.1 Å². The third kappa shape index (κ3) is 2.21. The van der Waals surface area contributed by atoms with E-state index in [0.29, 0.717) is 12.8 Å². The van der Waals surface area contributed by atoms with Crippen LogP contribution in [0.25, 0.3) is 0 Å². The third-order valence-electron chi connectivity index (χ3n) is 3.09. The molecule has 0 aromatic heterocycles. The molecule has 1 atom stereocenters. The van der Waals surface area contributed by atoms with Gasteiger partial charge in [0.1, 0.15) is 6.10 Å². The Morgan fingerprint density at radius 2 is 1.93 bits per heavy atom. The molecular formula is C9H17N2O4. The van der Waals surface area contributed by atoms with Crippen LogP contribution in [0, 0.1) is 10.1 Å². The molecule has 1 radical (unpaired) electrons. The summed E-state index contributed by atoms with van der Waals surface area (Å²) >= 11 is 0. The summed E-state index contributed by atoms with van der Waals surface area (Å²) < 4.78 is 0. The van der Waals surface area contributed by atoms with Crippen LogP contribution in [0.2, 0.25) is 0 Å². The molecule has 15 heavy (non-hydrogen) atoms. The molecule has 6 nitrogen and oxygen atoms in total. The van der Waals surface area contributed by atoms with Crippen LogP contribution in [0.5, 0.6) is 0 Å². The fourth-order valence-corrected chi connectivity index (χ4v) is 2.14. The van der Waals surface area contributed by atoms with Gasteiger partial charge >= 0.3 is 0 Å². The predicted molar refractivity (Wildman–Crippen MR) is 51.8 cm³/mol. The minimum absolute atomic E-state index is 0.486. The summed E-state index contributed by atoms with van der Waals surface area (Å²) in [4.78, 5) is 14.8. The lowest BCUT2D eigenvalue weighted by Crippen LogP contribution is -2.63. The van der Waals surface area contributed by atoms with Gasteiger partial charge in [-0.2, -0.15) is 0 Å². The van der Waals surface area contributed by atoms with Gasteiger partial charge in [0.25, 0.3) is 5.09 Å². The molecule has 0 spiro atoms. The Labute approximate surface area is 88.9 Å². The fraction of sp³-hybridized carbons (Fsp3) is 1.00. The molecule has 1 aliphatic rings. The summed E-state index contributed by atoms with van der Waals surface area (Å²) in [6.45, 7) is 7.03. The number of hydrogen-bond donors (Lipinski definition) is 0. The number of hydroxylamine groups is 2. The largest absolute Gasteiger partial charge is 0.309 e. The van der Waals surface area contributed by atoms with Crippen LogP contribution in [0.3, 0.4) is 0 Å². The molecule has 0 amide bonds. The van der Waals surface area contributed by atoms with Crippen LogP contribution in [-0.4, -0.2) is 27.3 Å². The zero-order chi connectivity index (χ0) is 11.9. The van der Waals surface area contributed by atoms with Gasteiger partial charge in [0.15, 0.2) is 0 Å². The van der Waals surface area contributed by atoms with Crippen molar-refractivity contribution in [3.63, 3.8) is 0 Å². The highest BCUT2D eigenvalue weighted by molar-refractivity contribution is 4.98. The second-order valence-electron chi connectivity index (χ2n) is 5.12. The standard InChI is InChI=1S/C9H17N2O4/c1-8(2)6-5-7(15-11(13)14)9(3,4)10(8)12/h7H,5-6H2,1-4H3. The molecule has 0 aromatic rings. The molecule has 1 aliphatic heterocycles. The number of rotatable bonds is 2. The van der Waals surface area contributed by atoms with Gasteiger partial charge in [-0.05, 0) is 40.5 Å². The SMILES string of the molecule is CC1(C)CCC(O[N+](=O)[O-])C(C)(C)N1[O]. The summed E-state index contributed by atoms with van der Waals surface area (Å²) in [6, 6.07) is 0. The summed E-state index contributed by atoms with van der Waals surface area (Å²) in [7, 11) is 0. The summed E-state index contributed by atoms with van der Waals surface area (Å²) in [5.41, 5.74) is -1.35. The van der Waals surface area contributed by atoms with Crippen LogP contribution >= 0.6 is 0 Å². The Balaban J connectivity index is 2.84. The molecular weight excluding hydrogens is 200 g/mol. The Hall–Kier alpha value is -0.880. The van der Waals surface area contributed by atoms with Crippen LogP contribution in [0.1, 0.15) is 40.5 Å². The highest BCUT2D eigenvalue weighted by Gasteiger charge is 2.49. The Morgan fingerprint density at radius 3 is 2.40 bits per heavy atom. The van der Waals surface area contributed by atoms with E-state index in [1.165, 1.54) is 0 Å². The predicted octanol–water partition coefficient (Wildman–Crippen LogP) is 1.56. The zero-order valence-corrected chi connectivity index (χ0v) is 9.52. The maximum Gasteiger partial charge on any atom is 0.294 e. The average Bonchev–Trinajstić information content (AvgIpc) is 2.08. The second kappa shape index (κ2) is 3.61. The molecule has 0 saturated carbocycles. The van der Waals surface area contributed by atoms with Crippen LogP contribution in [0.15, 0.2) is 0 Å². The van der Waals surface area contributed by atoms with Crippen molar-refractivity contribution in [2.45, 2.75) is 57.7 Å². The molecule has 0 bridgehead atoms. The van der Waals surface area contributed by atoms with E-state index >= 15 is 0 Å². The first-order chi connectivity index (χ1) is 6.68. The molecule has 6 heteroatoms. The topological polar surface area (TPSA) is 75.5 Å². The first-order valence-electron chi connectivity index (χ1n) is 4.96. The average molecular weight is 217 g/mol. The number of piperidine rings is 1. The molecule has 1 saturated heterocycles. The van der Waals surface area contributed by atoms with E-state index in [2.05, 4.69) is 4.84 Å². The summed E-state index contributed by atoms with van der Waals surface area (Å²) in [6.07, 6.45) is 0.469. The van der Waals surface area contributed by atoms with Crippen LogP contribution in [-0.2, 0) is 10.0 Å². The van der Waals surface area contributed by atoms with Crippen molar-refractivity contribution in [1.82, 2.24) is 5.06 Å². The molecule has 1 heterocycles. The van der Waals surface area contributed by atoms with Crippen LogP contribution in [0.4, 0.5) is 0 Å². The normalized spacial score (nSPS) is 29.8. The number of hydrogen-bond acceptors (Lipinski definition) is 4. The van der Waals surface area contributed by atoms with E-state index < -0.39 is 22.3 Å². The van der Waals surface area contributed by atoms with Crippen molar-refractivity contribution >= 4 is 0 Å². The van der Waals surface area contributed by atoms with E-state index in [9.17, 15) is 15.3 Å². The van der Waals surface area contributed by atoms with Crippen molar-refractivity contribution in [3.8, 4) is 0 Å². The lowest BCUT2D eigenvalue weighted by Gasteiger charge is -2.49. The molecule has 1 unspecified atom stereocenters. The minimum atomic E-state index is -0.866. The van der Waals surface area contributed by atoms with E-state index in [4.69, 9.17) is 0 Å². The molecule has 1 rings (SSSR count). The zero-order valence-electron chi connectivity index (χ0n) is 9.52. The highest BCUT2D eigenvalue weighted by Crippen LogP contribution is 2.38. The van der Waals surface area contributed by atoms with E-state index in [1.807, 2.05) is 13.8 Å². The van der Waals surface area contributed by atoms with Gasteiger partial charge in [-0.3, -0.25) is 0 Å². The van der Waals surface area contributed by atoms with Gasteiger partial charge < -0.3 is 4.84 Å². The van der Waals surface area contributed by atoms with Crippen molar-refractivity contribution in [3.05, 3.63) is 10.1 Å². The van der Waals surface area contributed by atoms with Crippen molar-refractivity contribution in [1.29, 1.82) is 0 Å². The van der Waals surface area contributed by atoms with Crippen molar-refractivity contribution in [2.75, 3.05) is 0 Å². The van der Waals surface area contributed by atoms with Gasteiger partial charge in [-0.15, -0.1) is 20.4 Å². The van der Waals surface area contributed by atoms with E-state index in [1.54, 1.807) is 13.8 Å². The molecule has 87 valence electrons. The minimum Gasteiger partial charge on any atom is -0.309 e. The van der Waals surface area contributed by atoms with Gasteiger partial charge in [0.2, 0.25) is 0 Å². The Bertz CT molecular complexity index is 265. The molecule has 0 aromatic carbocycles. The molecule has 0 N–H and O–H groups in total. The monoisotopic (exact) mass is 217 g/mol. The third-order valence-corrected chi connectivity index (χ3v) is 3.09. The van der Waals surface area contributed by atoms with Crippen molar-refractivity contribution in [2.24, 2.45) is 0 Å². The second-order valence-corrected chi connectivity index (χ2v) is 5.12. The van der Waals surface area contributed by atoms with E-state index in [0.717, 1.165) is 5.06 Å². The molecule has 1 fully saturated rings. The van der Waals surface area contributed by atoms with Gasteiger partial charge in [-0.1, -0.05) is 0 Å².